The van der Waals surface area contributed by atoms with Crippen LogP contribution in [0.15, 0.2) is 64.8 Å². The minimum atomic E-state index is -3.85. The van der Waals surface area contributed by atoms with Crippen molar-refractivity contribution in [3.63, 3.8) is 0 Å². The number of imidazole rings is 1. The molecule has 0 radical (unpaired) electrons. The lowest BCUT2D eigenvalue weighted by atomic mass is 10.2. The molecule has 0 bridgehead atoms. The van der Waals surface area contributed by atoms with E-state index in [4.69, 9.17) is 5.14 Å². The summed E-state index contributed by atoms with van der Waals surface area (Å²) in [5, 5.41) is 7.77. The van der Waals surface area contributed by atoms with Gasteiger partial charge in [0.1, 0.15) is 5.82 Å². The molecule has 0 aliphatic heterocycles. The van der Waals surface area contributed by atoms with Crippen LogP contribution >= 0.6 is 11.8 Å². The molecule has 0 aliphatic carbocycles. The summed E-state index contributed by atoms with van der Waals surface area (Å²) in [5.74, 6) is -0.647. The molecular weight excluding hydrogens is 403 g/mol. The van der Waals surface area contributed by atoms with E-state index >= 15 is 0 Å². The summed E-state index contributed by atoms with van der Waals surface area (Å²) in [6.45, 7) is 1.70. The first-order chi connectivity index (χ1) is 13.2. The number of sulfonamides is 1. The van der Waals surface area contributed by atoms with Gasteiger partial charge >= 0.3 is 0 Å². The van der Waals surface area contributed by atoms with Gasteiger partial charge in [0, 0.05) is 5.69 Å². The summed E-state index contributed by atoms with van der Waals surface area (Å²) in [7, 11) is -3.85. The number of aromatic amines is 1. The van der Waals surface area contributed by atoms with Crippen LogP contribution in [0.25, 0.3) is 11.3 Å². The second-order valence-corrected chi connectivity index (χ2v) is 8.82. The van der Waals surface area contributed by atoms with Gasteiger partial charge in [-0.15, -0.1) is 0 Å². The summed E-state index contributed by atoms with van der Waals surface area (Å²) in [4.78, 5) is 19.6. The predicted octanol–water partition coefficient (Wildman–Crippen LogP) is 2.98. The zero-order valence-corrected chi connectivity index (χ0v) is 16.4. The Balaban J connectivity index is 1.66. The van der Waals surface area contributed by atoms with Crippen molar-refractivity contribution in [3.05, 3.63) is 60.5 Å². The Morgan fingerprint density at radius 3 is 2.64 bits per heavy atom. The average molecular weight is 420 g/mol. The van der Waals surface area contributed by atoms with Crippen LogP contribution in [0.2, 0.25) is 0 Å². The summed E-state index contributed by atoms with van der Waals surface area (Å²) in [6, 6.07) is 11.7. The minimum absolute atomic E-state index is 0.0828. The van der Waals surface area contributed by atoms with Crippen molar-refractivity contribution in [2.45, 2.75) is 22.2 Å². The molecule has 1 aromatic heterocycles. The van der Waals surface area contributed by atoms with Crippen LogP contribution in [-0.2, 0) is 14.8 Å². The molecular formula is C18H17FN4O3S2. The zero-order valence-electron chi connectivity index (χ0n) is 14.7. The van der Waals surface area contributed by atoms with Gasteiger partial charge in [0.15, 0.2) is 5.16 Å². The molecule has 4 N–H and O–H groups in total. The van der Waals surface area contributed by atoms with Crippen LogP contribution in [-0.4, -0.2) is 29.5 Å². The standard InChI is InChI=1S/C18H17FN4O3S2/c1-11(17(24)22-14-3-2-4-15(9-14)28(20,25)26)27-18-21-10-16(23-18)12-5-7-13(19)8-6-12/h2-11H,1H3,(H,21,23)(H,22,24)(H2,20,25,26). The molecule has 28 heavy (non-hydrogen) atoms. The first-order valence-electron chi connectivity index (χ1n) is 8.14. The molecule has 2 aromatic carbocycles. The van der Waals surface area contributed by atoms with Crippen LogP contribution in [0.1, 0.15) is 6.92 Å². The largest absolute Gasteiger partial charge is 0.333 e. The summed E-state index contributed by atoms with van der Waals surface area (Å²) >= 11 is 1.20. The molecule has 1 amide bonds. The fourth-order valence-electron chi connectivity index (χ4n) is 2.35. The molecule has 0 fully saturated rings. The van der Waals surface area contributed by atoms with Crippen LogP contribution < -0.4 is 10.5 Å². The van der Waals surface area contributed by atoms with Gasteiger partial charge in [0.2, 0.25) is 15.9 Å². The van der Waals surface area contributed by atoms with E-state index in [2.05, 4.69) is 15.3 Å². The molecule has 10 heteroatoms. The average Bonchev–Trinajstić information content (AvgIpc) is 3.10. The molecule has 0 saturated carbocycles. The van der Waals surface area contributed by atoms with E-state index in [1.807, 2.05) is 0 Å². The lowest BCUT2D eigenvalue weighted by Crippen LogP contribution is -2.22. The maximum atomic E-state index is 13.0. The number of H-pyrrole nitrogens is 1. The number of aromatic nitrogens is 2. The fourth-order valence-corrected chi connectivity index (χ4v) is 3.70. The number of amides is 1. The monoisotopic (exact) mass is 420 g/mol. The number of nitrogens with one attached hydrogen (secondary N) is 2. The van der Waals surface area contributed by atoms with E-state index in [0.29, 0.717) is 16.5 Å². The van der Waals surface area contributed by atoms with Gasteiger partial charge in [-0.3, -0.25) is 4.79 Å². The van der Waals surface area contributed by atoms with Gasteiger partial charge in [-0.05, 0) is 55.0 Å². The topological polar surface area (TPSA) is 118 Å². The lowest BCUT2D eigenvalue weighted by Gasteiger charge is -2.11. The predicted molar refractivity (Wildman–Crippen MR) is 106 cm³/mol. The Labute approximate surface area is 165 Å². The first-order valence-corrected chi connectivity index (χ1v) is 10.6. The Bertz CT molecular complexity index is 1100. The molecule has 7 nitrogen and oxygen atoms in total. The highest BCUT2D eigenvalue weighted by atomic mass is 32.2. The number of hydrogen-bond donors (Lipinski definition) is 3. The van der Waals surface area contributed by atoms with Gasteiger partial charge < -0.3 is 10.3 Å². The SMILES string of the molecule is CC(Sc1ncc(-c2ccc(F)cc2)[nH]1)C(=O)Nc1cccc(S(N)(=O)=O)c1. The Morgan fingerprint density at radius 2 is 1.96 bits per heavy atom. The van der Waals surface area contributed by atoms with Crippen LogP contribution in [0.4, 0.5) is 10.1 Å². The normalized spacial score (nSPS) is 12.5. The number of nitrogens with zero attached hydrogens (tertiary/aromatic N) is 1. The summed E-state index contributed by atoms with van der Waals surface area (Å²) in [6.07, 6.45) is 1.61. The smallest absolute Gasteiger partial charge is 0.238 e. The van der Waals surface area contributed by atoms with Gasteiger partial charge in [-0.2, -0.15) is 0 Å². The Morgan fingerprint density at radius 1 is 1.25 bits per heavy atom. The molecule has 3 rings (SSSR count). The van der Waals surface area contributed by atoms with E-state index in [0.717, 1.165) is 5.56 Å². The highest BCUT2D eigenvalue weighted by Gasteiger charge is 2.17. The van der Waals surface area contributed by atoms with Crippen molar-refractivity contribution in [2.24, 2.45) is 5.14 Å². The quantitative estimate of drug-likeness (QED) is 0.530. The lowest BCUT2D eigenvalue weighted by molar-refractivity contribution is -0.115. The highest BCUT2D eigenvalue weighted by Crippen LogP contribution is 2.25. The van der Waals surface area contributed by atoms with Crippen LogP contribution in [0, 0.1) is 5.82 Å². The molecule has 0 aliphatic rings. The second-order valence-electron chi connectivity index (χ2n) is 5.93. The second kappa shape index (κ2) is 8.13. The third-order valence-corrected chi connectivity index (χ3v) is 5.70. The molecule has 146 valence electrons. The number of carbonyl (C=O) groups excluding carboxylic acids is 1. The number of carbonyl (C=O) groups is 1. The van der Waals surface area contributed by atoms with Gasteiger partial charge in [-0.25, -0.2) is 22.9 Å². The first kappa shape index (κ1) is 20.1. The number of primary sulfonamides is 1. The number of halogens is 1. The Kier molecular flexibility index (Phi) is 5.82. The minimum Gasteiger partial charge on any atom is -0.333 e. The van der Waals surface area contributed by atoms with E-state index in [1.54, 1.807) is 31.3 Å². The number of hydrogen-bond acceptors (Lipinski definition) is 5. The molecule has 0 saturated heterocycles. The zero-order chi connectivity index (χ0) is 20.3. The Hall–Kier alpha value is -2.69. The molecule has 0 spiro atoms. The summed E-state index contributed by atoms with van der Waals surface area (Å²) in [5.41, 5.74) is 1.81. The van der Waals surface area contributed by atoms with Crippen molar-refractivity contribution in [1.29, 1.82) is 0 Å². The van der Waals surface area contributed by atoms with Gasteiger partial charge in [0.25, 0.3) is 0 Å². The third kappa shape index (κ3) is 4.97. The van der Waals surface area contributed by atoms with E-state index in [9.17, 15) is 17.6 Å². The molecule has 1 atom stereocenters. The fraction of sp³-hybridized carbons (Fsp3) is 0.111. The maximum Gasteiger partial charge on any atom is 0.238 e. The van der Waals surface area contributed by atoms with E-state index in [-0.39, 0.29) is 16.6 Å². The van der Waals surface area contributed by atoms with E-state index in [1.165, 1.54) is 42.1 Å². The van der Waals surface area contributed by atoms with Crippen molar-refractivity contribution in [2.75, 3.05) is 5.32 Å². The van der Waals surface area contributed by atoms with Crippen LogP contribution in [0.3, 0.4) is 0 Å². The van der Waals surface area contributed by atoms with Gasteiger partial charge in [-0.1, -0.05) is 17.8 Å². The van der Waals surface area contributed by atoms with Gasteiger partial charge in [0.05, 0.1) is 22.0 Å². The third-order valence-electron chi connectivity index (χ3n) is 3.80. The molecule has 3 aromatic rings. The van der Waals surface area contributed by atoms with Crippen molar-refractivity contribution >= 4 is 33.4 Å². The van der Waals surface area contributed by atoms with Crippen molar-refractivity contribution in [3.8, 4) is 11.3 Å². The number of thioether (sulfide) groups is 1. The molecule has 1 heterocycles. The van der Waals surface area contributed by atoms with Crippen molar-refractivity contribution < 1.29 is 17.6 Å². The van der Waals surface area contributed by atoms with Crippen LogP contribution in [0.5, 0.6) is 0 Å². The number of anilines is 1. The summed E-state index contributed by atoms with van der Waals surface area (Å²) < 4.78 is 35.8. The number of benzene rings is 2. The highest BCUT2D eigenvalue weighted by molar-refractivity contribution is 8.00. The van der Waals surface area contributed by atoms with E-state index < -0.39 is 15.3 Å². The maximum absolute atomic E-state index is 13.0. The molecule has 1 unspecified atom stereocenters. The number of nitrogens with two attached hydrogens (primary N) is 1. The van der Waals surface area contributed by atoms with Crippen molar-refractivity contribution in [1.82, 2.24) is 9.97 Å². The number of rotatable bonds is 6.